The summed E-state index contributed by atoms with van der Waals surface area (Å²) in [7, 11) is 0. The Labute approximate surface area is 341 Å². The molecule has 1 aliphatic carbocycles. The molecule has 2 aromatic heterocycles. The highest BCUT2D eigenvalue weighted by atomic mass is 35.5. The molecule has 0 unspecified atom stereocenters. The number of imidazole rings is 1. The molecule has 0 radical (unpaired) electrons. The summed E-state index contributed by atoms with van der Waals surface area (Å²) in [6.45, 7) is 3.80. The summed E-state index contributed by atoms with van der Waals surface area (Å²) in [6, 6.07) is 34.2. The van der Waals surface area contributed by atoms with E-state index in [1.54, 1.807) is 30.6 Å². The molecular formula is C45H43ClN6O4S. The van der Waals surface area contributed by atoms with E-state index in [2.05, 4.69) is 32.7 Å². The summed E-state index contributed by atoms with van der Waals surface area (Å²) in [4.78, 5) is 48.6. The maximum atomic E-state index is 13.8. The summed E-state index contributed by atoms with van der Waals surface area (Å²) in [5.74, 6) is -0.267. The van der Waals surface area contributed by atoms with Crippen molar-refractivity contribution in [1.29, 1.82) is 5.26 Å². The topological polar surface area (TPSA) is 123 Å². The van der Waals surface area contributed by atoms with Crippen molar-refractivity contribution in [2.75, 3.05) is 36.0 Å². The molecule has 4 aromatic carbocycles. The maximum Gasteiger partial charge on any atom is 0.336 e. The van der Waals surface area contributed by atoms with E-state index >= 15 is 0 Å². The molecule has 1 N–H and O–H groups in total. The Hall–Kier alpha value is -5.96. The van der Waals surface area contributed by atoms with Crippen molar-refractivity contribution in [3.63, 3.8) is 0 Å². The highest BCUT2D eigenvalue weighted by molar-refractivity contribution is 7.18. The van der Waals surface area contributed by atoms with Gasteiger partial charge in [0.05, 0.1) is 45.0 Å². The number of hydrogen-bond acceptors (Lipinski definition) is 7. The minimum atomic E-state index is -0.878. The Morgan fingerprint density at radius 1 is 0.877 bits per heavy atom. The van der Waals surface area contributed by atoms with Crippen molar-refractivity contribution in [1.82, 2.24) is 14.5 Å². The number of fused-ring (bicyclic) bond motifs is 1. The molecule has 1 saturated carbocycles. The highest BCUT2D eigenvalue weighted by Gasteiger charge is 2.26. The lowest BCUT2D eigenvalue weighted by Crippen LogP contribution is -2.48. The van der Waals surface area contributed by atoms with E-state index in [0.717, 1.165) is 59.3 Å². The minimum absolute atomic E-state index is 0.0340. The van der Waals surface area contributed by atoms with Crippen LogP contribution in [0.2, 0.25) is 4.34 Å². The van der Waals surface area contributed by atoms with Gasteiger partial charge in [-0.2, -0.15) is 5.26 Å². The molecule has 10 nitrogen and oxygen atoms in total. The Balaban J connectivity index is 0.000000322. The van der Waals surface area contributed by atoms with Crippen LogP contribution in [0.3, 0.4) is 0 Å². The maximum absolute atomic E-state index is 13.8. The van der Waals surface area contributed by atoms with Crippen LogP contribution < -0.4 is 9.80 Å². The summed E-state index contributed by atoms with van der Waals surface area (Å²) < 4.78 is 2.69. The van der Waals surface area contributed by atoms with Crippen LogP contribution in [0.25, 0.3) is 10.8 Å². The lowest BCUT2D eigenvalue weighted by atomic mass is 10.0. The van der Waals surface area contributed by atoms with E-state index in [1.807, 2.05) is 82.7 Å². The van der Waals surface area contributed by atoms with Crippen molar-refractivity contribution in [3.05, 3.63) is 147 Å². The van der Waals surface area contributed by atoms with Gasteiger partial charge < -0.3 is 24.4 Å². The predicted molar refractivity (Wildman–Crippen MR) is 225 cm³/mol. The van der Waals surface area contributed by atoms with Crippen molar-refractivity contribution >= 4 is 62.9 Å². The first kappa shape index (κ1) is 39.3. The second-order valence-corrected chi connectivity index (χ2v) is 16.1. The quantitative estimate of drug-likeness (QED) is 0.147. The van der Waals surface area contributed by atoms with Crippen LogP contribution in [-0.4, -0.2) is 63.5 Å². The lowest BCUT2D eigenvalue weighted by molar-refractivity contribution is -0.119. The minimum Gasteiger partial charge on any atom is -0.478 e. The number of nitrogens with zero attached hydrogens (tertiary/aromatic N) is 6. The average Bonchev–Trinajstić information content (AvgIpc) is 4.03. The zero-order valence-electron chi connectivity index (χ0n) is 31.5. The second kappa shape index (κ2) is 18.3. The molecule has 3 heterocycles. The highest BCUT2D eigenvalue weighted by Crippen LogP contribution is 2.31. The van der Waals surface area contributed by atoms with Gasteiger partial charge in [-0.25, -0.2) is 9.78 Å². The Morgan fingerprint density at radius 2 is 1.60 bits per heavy atom. The molecule has 2 amide bonds. The fraction of sp³-hybridized carbons (Fsp3) is 0.267. The SMILES string of the molecule is N#Cc1ccc(Cn2cncc2CN(C(=O)CC2CCCC2)c2ccc(N3CCN(C(=O)c4ccc(Cl)s4)CC3)cc2)cc1.O=C(O)c1cccc2ccccc12. The number of amides is 2. The summed E-state index contributed by atoms with van der Waals surface area (Å²) in [5, 5.41) is 19.8. The van der Waals surface area contributed by atoms with E-state index in [9.17, 15) is 14.4 Å². The van der Waals surface area contributed by atoms with E-state index in [4.69, 9.17) is 22.0 Å². The predicted octanol–water partition coefficient (Wildman–Crippen LogP) is 9.13. The number of halogens is 1. The number of thiophene rings is 1. The molecular weight excluding hydrogens is 756 g/mol. The summed E-state index contributed by atoms with van der Waals surface area (Å²) >= 11 is 7.35. The Bertz CT molecular complexity index is 2370. The number of nitriles is 1. The van der Waals surface area contributed by atoms with Gasteiger partial charge in [-0.05, 0) is 89.7 Å². The second-order valence-electron chi connectivity index (χ2n) is 14.4. The zero-order chi connectivity index (χ0) is 39.7. The fourth-order valence-corrected chi connectivity index (χ4v) is 8.58. The van der Waals surface area contributed by atoms with Gasteiger partial charge in [-0.1, -0.05) is 73.0 Å². The van der Waals surface area contributed by atoms with Gasteiger partial charge in [0.2, 0.25) is 5.91 Å². The molecule has 1 saturated heterocycles. The number of carbonyl (C=O) groups is 3. The molecule has 0 bridgehead atoms. The van der Waals surface area contributed by atoms with Crippen molar-refractivity contribution in [2.24, 2.45) is 5.92 Å². The number of rotatable bonds is 10. The van der Waals surface area contributed by atoms with Crippen molar-refractivity contribution in [2.45, 2.75) is 45.2 Å². The molecule has 0 atom stereocenters. The number of aromatic nitrogens is 2. The number of carboxylic acid groups (broad SMARTS) is 1. The normalized spacial score (nSPS) is 14.2. The standard InChI is InChI=1S/C34H35ClN6O2S.C11H8O2/c35-32-14-13-31(44-32)34(43)39-17-15-38(16-18-39)28-9-11-29(12-10-28)41(33(42)19-25-3-1-2-4-25)23-30-21-37-24-40(30)22-27-7-5-26(20-36)6-8-27;12-11(13)10-7-3-5-8-4-1-2-6-9(8)10/h5-14,21,24-25H,1-4,15-19,22-23H2;1-7H,(H,12,13). The smallest absolute Gasteiger partial charge is 0.336 e. The third-order valence-electron chi connectivity index (χ3n) is 10.7. The first-order valence-electron chi connectivity index (χ1n) is 19.1. The number of anilines is 2. The van der Waals surface area contributed by atoms with Crippen LogP contribution in [-0.2, 0) is 17.9 Å². The fourth-order valence-electron chi connectivity index (χ4n) is 7.57. The van der Waals surface area contributed by atoms with E-state index < -0.39 is 5.97 Å². The first-order chi connectivity index (χ1) is 27.7. The van der Waals surface area contributed by atoms with E-state index in [-0.39, 0.29) is 11.8 Å². The molecule has 6 aromatic rings. The van der Waals surface area contributed by atoms with E-state index in [1.165, 1.54) is 24.2 Å². The number of aromatic carboxylic acids is 1. The van der Waals surface area contributed by atoms with Crippen LogP contribution in [0.4, 0.5) is 11.4 Å². The first-order valence-corrected chi connectivity index (χ1v) is 20.3. The molecule has 1 aliphatic heterocycles. The number of hydrogen-bond donors (Lipinski definition) is 1. The summed E-state index contributed by atoms with van der Waals surface area (Å²) in [6.07, 6.45) is 8.81. The van der Waals surface area contributed by atoms with Crippen molar-refractivity contribution < 1.29 is 19.5 Å². The number of carboxylic acids is 1. The van der Waals surface area contributed by atoms with Crippen LogP contribution in [0.1, 0.15) is 69.0 Å². The molecule has 8 rings (SSSR count). The number of piperazine rings is 1. The Kier molecular flexibility index (Phi) is 12.6. The molecule has 2 fully saturated rings. The number of benzene rings is 4. The van der Waals surface area contributed by atoms with Crippen molar-refractivity contribution in [3.8, 4) is 6.07 Å². The lowest BCUT2D eigenvalue weighted by Gasteiger charge is -2.36. The van der Waals surface area contributed by atoms with Gasteiger partial charge in [0.15, 0.2) is 0 Å². The monoisotopic (exact) mass is 798 g/mol. The molecule has 57 heavy (non-hydrogen) atoms. The molecule has 12 heteroatoms. The van der Waals surface area contributed by atoms with Gasteiger partial charge in [0.1, 0.15) is 0 Å². The van der Waals surface area contributed by atoms with Gasteiger partial charge in [-0.15, -0.1) is 11.3 Å². The third kappa shape index (κ3) is 9.71. The summed E-state index contributed by atoms with van der Waals surface area (Å²) in [5.41, 5.74) is 4.95. The van der Waals surface area contributed by atoms with E-state index in [0.29, 0.717) is 58.9 Å². The van der Waals surface area contributed by atoms with Crippen LogP contribution in [0.15, 0.2) is 116 Å². The Morgan fingerprint density at radius 3 is 2.28 bits per heavy atom. The molecule has 290 valence electrons. The largest absolute Gasteiger partial charge is 0.478 e. The molecule has 0 spiro atoms. The third-order valence-corrected chi connectivity index (χ3v) is 11.9. The van der Waals surface area contributed by atoms with Gasteiger partial charge >= 0.3 is 5.97 Å². The van der Waals surface area contributed by atoms with Gasteiger partial charge in [0, 0.05) is 56.7 Å². The van der Waals surface area contributed by atoms with Crippen LogP contribution in [0.5, 0.6) is 0 Å². The number of carbonyl (C=O) groups excluding carboxylic acids is 2. The zero-order valence-corrected chi connectivity index (χ0v) is 33.0. The van der Waals surface area contributed by atoms with Gasteiger partial charge in [-0.3, -0.25) is 9.59 Å². The molecule has 2 aliphatic rings. The average molecular weight is 799 g/mol. The van der Waals surface area contributed by atoms with Gasteiger partial charge in [0.25, 0.3) is 5.91 Å². The van der Waals surface area contributed by atoms with Crippen LogP contribution >= 0.6 is 22.9 Å². The van der Waals surface area contributed by atoms with Crippen LogP contribution in [0, 0.1) is 17.2 Å².